The van der Waals surface area contributed by atoms with Crippen LogP contribution in [0.3, 0.4) is 0 Å². The molecule has 0 heterocycles. The molecule has 1 amide bonds. The Hall–Kier alpha value is -3.11. The summed E-state index contributed by atoms with van der Waals surface area (Å²) in [6, 6.07) is 26.3. The molecule has 0 saturated carbocycles. The van der Waals surface area contributed by atoms with Gasteiger partial charge in [-0.1, -0.05) is 66.7 Å². The second kappa shape index (κ2) is 9.01. The van der Waals surface area contributed by atoms with Crippen LogP contribution in [0.25, 0.3) is 0 Å². The molecule has 0 spiro atoms. The number of ether oxygens (including phenoxy) is 1. The van der Waals surface area contributed by atoms with Gasteiger partial charge in [0.25, 0.3) is 5.91 Å². The molecule has 3 aromatic carbocycles. The summed E-state index contributed by atoms with van der Waals surface area (Å²) < 4.78 is 5.34. The van der Waals surface area contributed by atoms with Gasteiger partial charge < -0.3 is 15.4 Å². The number of carbonyl (C=O) groups is 1. The van der Waals surface area contributed by atoms with Crippen LogP contribution in [0.2, 0.25) is 0 Å². The van der Waals surface area contributed by atoms with Gasteiger partial charge in [-0.25, -0.2) is 0 Å². The number of hydrogen-bond donors (Lipinski definition) is 2. The summed E-state index contributed by atoms with van der Waals surface area (Å²) in [6.45, 7) is 2.30. The van der Waals surface area contributed by atoms with Gasteiger partial charge in [0.1, 0.15) is 11.8 Å². The largest absolute Gasteiger partial charge is 0.495 e. The fourth-order valence-electron chi connectivity index (χ4n) is 3.13. The van der Waals surface area contributed by atoms with Gasteiger partial charge in [0, 0.05) is 11.1 Å². The molecule has 0 aliphatic heterocycles. The average molecular weight is 361 g/mol. The van der Waals surface area contributed by atoms with E-state index in [4.69, 9.17) is 4.74 Å². The molecule has 0 aliphatic rings. The predicted molar refractivity (Wildman–Crippen MR) is 108 cm³/mol. The van der Waals surface area contributed by atoms with Crippen LogP contribution in [0, 0.1) is 6.92 Å². The highest BCUT2D eigenvalue weighted by Crippen LogP contribution is 2.25. The van der Waals surface area contributed by atoms with Crippen molar-refractivity contribution >= 4 is 11.6 Å². The van der Waals surface area contributed by atoms with Crippen molar-refractivity contribution < 1.29 is 14.8 Å². The molecule has 3 aromatic rings. The minimum Gasteiger partial charge on any atom is -0.495 e. The number of anilines is 1. The lowest BCUT2D eigenvalue weighted by molar-refractivity contribution is -0.676. The summed E-state index contributed by atoms with van der Waals surface area (Å²) in [5.74, 6) is 0.604. The Morgan fingerprint density at radius 1 is 0.963 bits per heavy atom. The maximum atomic E-state index is 12.6. The van der Waals surface area contributed by atoms with Crippen LogP contribution in [0.15, 0.2) is 78.9 Å². The molecule has 0 atom stereocenters. The number of methoxy groups -OCH3 is 1. The topological polar surface area (TPSA) is 54.9 Å². The zero-order valence-corrected chi connectivity index (χ0v) is 15.7. The van der Waals surface area contributed by atoms with Gasteiger partial charge in [-0.15, -0.1) is 0 Å². The number of hydrogen-bond acceptors (Lipinski definition) is 2. The van der Waals surface area contributed by atoms with Gasteiger partial charge >= 0.3 is 0 Å². The van der Waals surface area contributed by atoms with Gasteiger partial charge in [0.05, 0.1) is 12.8 Å². The first-order valence-corrected chi connectivity index (χ1v) is 9.05. The summed E-state index contributed by atoms with van der Waals surface area (Å²) >= 11 is 0. The smallest absolute Gasteiger partial charge is 0.279 e. The summed E-state index contributed by atoms with van der Waals surface area (Å²) in [7, 11) is 1.60. The van der Waals surface area contributed by atoms with Crippen LogP contribution in [0.1, 0.15) is 22.7 Å². The van der Waals surface area contributed by atoms with E-state index in [9.17, 15) is 4.79 Å². The molecule has 27 heavy (non-hydrogen) atoms. The molecule has 0 aromatic heterocycles. The van der Waals surface area contributed by atoms with Crippen LogP contribution in [-0.4, -0.2) is 19.6 Å². The quantitative estimate of drug-likeness (QED) is 0.678. The highest BCUT2D eigenvalue weighted by Gasteiger charge is 2.19. The summed E-state index contributed by atoms with van der Waals surface area (Å²) in [5, 5.41) is 5.02. The molecule has 0 aliphatic carbocycles. The van der Waals surface area contributed by atoms with E-state index in [0.717, 1.165) is 5.56 Å². The van der Waals surface area contributed by atoms with E-state index < -0.39 is 0 Å². The van der Waals surface area contributed by atoms with E-state index in [1.54, 1.807) is 7.11 Å². The van der Waals surface area contributed by atoms with Crippen LogP contribution < -0.4 is 15.4 Å². The van der Waals surface area contributed by atoms with E-state index in [-0.39, 0.29) is 11.9 Å². The first-order chi connectivity index (χ1) is 13.2. The van der Waals surface area contributed by atoms with Gasteiger partial charge in [-0.2, -0.15) is 0 Å². The molecule has 3 N–H and O–H groups in total. The number of amides is 1. The molecule has 4 nitrogen and oxygen atoms in total. The van der Waals surface area contributed by atoms with Crippen LogP contribution >= 0.6 is 0 Å². The lowest BCUT2D eigenvalue weighted by Crippen LogP contribution is -2.87. The fourth-order valence-corrected chi connectivity index (χ4v) is 3.13. The third-order valence-electron chi connectivity index (χ3n) is 4.49. The molecule has 0 unspecified atom stereocenters. The van der Waals surface area contributed by atoms with Crippen molar-refractivity contribution in [2.75, 3.05) is 19.0 Å². The number of rotatable bonds is 7. The second-order valence-electron chi connectivity index (χ2n) is 6.49. The number of quaternary nitrogens is 1. The van der Waals surface area contributed by atoms with Crippen LogP contribution in [-0.2, 0) is 4.79 Å². The molecule has 4 heteroatoms. The molecule has 138 valence electrons. The van der Waals surface area contributed by atoms with E-state index in [2.05, 4.69) is 34.9 Å². The first-order valence-electron chi connectivity index (χ1n) is 9.05. The Morgan fingerprint density at radius 2 is 1.56 bits per heavy atom. The minimum absolute atomic E-state index is 0.0595. The Labute approximate surface area is 160 Å². The summed E-state index contributed by atoms with van der Waals surface area (Å²) in [6.07, 6.45) is 0. The number of aryl methyl sites for hydroxylation is 1. The van der Waals surface area contributed by atoms with E-state index in [0.29, 0.717) is 18.0 Å². The van der Waals surface area contributed by atoms with E-state index >= 15 is 0 Å². The maximum absolute atomic E-state index is 12.6. The lowest BCUT2D eigenvalue weighted by Gasteiger charge is -2.17. The highest BCUT2D eigenvalue weighted by atomic mass is 16.5. The van der Waals surface area contributed by atoms with Gasteiger partial charge in [0.15, 0.2) is 6.54 Å². The van der Waals surface area contributed by atoms with Crippen LogP contribution in [0.5, 0.6) is 5.75 Å². The number of nitrogens with one attached hydrogen (secondary N) is 1. The summed E-state index contributed by atoms with van der Waals surface area (Å²) in [4.78, 5) is 12.6. The monoisotopic (exact) mass is 361 g/mol. The highest BCUT2D eigenvalue weighted by molar-refractivity contribution is 5.93. The first kappa shape index (κ1) is 18.7. The predicted octanol–water partition coefficient (Wildman–Crippen LogP) is 3.30. The van der Waals surface area contributed by atoms with E-state index in [1.165, 1.54) is 11.1 Å². The Morgan fingerprint density at radius 3 is 2.11 bits per heavy atom. The molecule has 0 bridgehead atoms. The van der Waals surface area contributed by atoms with Crippen molar-refractivity contribution in [1.82, 2.24) is 0 Å². The normalized spacial score (nSPS) is 10.6. The molecule has 0 saturated heterocycles. The zero-order chi connectivity index (χ0) is 19.1. The Balaban J connectivity index is 1.72. The fraction of sp³-hybridized carbons (Fsp3) is 0.174. The maximum Gasteiger partial charge on any atom is 0.279 e. The number of nitrogens with two attached hydrogens (primary N) is 1. The van der Waals surface area contributed by atoms with Gasteiger partial charge in [-0.3, -0.25) is 4.79 Å². The minimum atomic E-state index is -0.0595. The second-order valence-corrected chi connectivity index (χ2v) is 6.49. The summed E-state index contributed by atoms with van der Waals surface area (Å²) in [5.41, 5.74) is 4.11. The molecule has 0 radical (unpaired) electrons. The zero-order valence-electron chi connectivity index (χ0n) is 15.7. The Kier molecular flexibility index (Phi) is 6.23. The molecular weight excluding hydrogens is 336 g/mol. The van der Waals surface area contributed by atoms with Crippen molar-refractivity contribution in [2.45, 2.75) is 13.0 Å². The van der Waals surface area contributed by atoms with Gasteiger partial charge in [0.2, 0.25) is 0 Å². The molecular formula is C23H25N2O2+. The van der Waals surface area contributed by atoms with Gasteiger partial charge in [-0.05, 0) is 24.6 Å². The van der Waals surface area contributed by atoms with E-state index in [1.807, 2.05) is 61.5 Å². The average Bonchev–Trinajstić information content (AvgIpc) is 2.70. The van der Waals surface area contributed by atoms with Crippen LogP contribution in [0.4, 0.5) is 5.69 Å². The molecule has 0 fully saturated rings. The SMILES string of the molecule is COc1ccc(C)cc1NC(=O)C[NH2+]C(c1ccccc1)c1ccccc1. The van der Waals surface area contributed by atoms with Crippen molar-refractivity contribution in [3.8, 4) is 5.75 Å². The standard InChI is InChI=1S/C23H24N2O2/c1-17-13-14-21(27-2)20(15-17)25-22(26)16-24-23(18-9-5-3-6-10-18)19-11-7-4-8-12-19/h3-15,23-24H,16H2,1-2H3,(H,25,26)/p+1. The Bertz CT molecular complexity index is 840. The van der Waals surface area contributed by atoms with Crippen molar-refractivity contribution in [3.63, 3.8) is 0 Å². The lowest BCUT2D eigenvalue weighted by atomic mass is 9.99. The van der Waals surface area contributed by atoms with Crippen molar-refractivity contribution in [2.24, 2.45) is 0 Å². The van der Waals surface area contributed by atoms with Crippen molar-refractivity contribution in [1.29, 1.82) is 0 Å². The number of benzene rings is 3. The molecule has 3 rings (SSSR count). The third kappa shape index (κ3) is 4.96. The van der Waals surface area contributed by atoms with Crippen molar-refractivity contribution in [3.05, 3.63) is 95.6 Å². The third-order valence-corrected chi connectivity index (χ3v) is 4.49. The number of carbonyl (C=O) groups excluding carboxylic acids is 1.